The molecule has 0 aliphatic carbocycles. The second kappa shape index (κ2) is 20.3. The van der Waals surface area contributed by atoms with Crippen molar-refractivity contribution in [3.63, 3.8) is 0 Å². The molecule has 0 atom stereocenters. The van der Waals surface area contributed by atoms with Gasteiger partial charge in [-0.2, -0.15) is 0 Å². The molecule has 0 amide bonds. The largest absolute Gasteiger partial charge is 0.517 e. The Bertz CT molecular complexity index is 1130. The van der Waals surface area contributed by atoms with Gasteiger partial charge in [0.1, 0.15) is 0 Å². The Morgan fingerprint density at radius 2 is 0.955 bits per heavy atom. The zero-order valence-corrected chi connectivity index (χ0v) is 28.6. The summed E-state index contributed by atoms with van der Waals surface area (Å²) in [6, 6.07) is 25.2. The quantitative estimate of drug-likeness (QED) is 0.114. The van der Waals surface area contributed by atoms with Crippen molar-refractivity contribution < 1.29 is 14.1 Å². The van der Waals surface area contributed by atoms with Gasteiger partial charge in [-0.3, -0.25) is 0 Å². The maximum Gasteiger partial charge on any atom is 0.517 e. The molecule has 0 heterocycles. The van der Waals surface area contributed by atoms with Crippen LogP contribution >= 0.6 is 10.3 Å². The highest BCUT2D eigenvalue weighted by Crippen LogP contribution is 2.71. The van der Waals surface area contributed by atoms with E-state index in [9.17, 15) is 9.90 Å². The molecule has 0 bridgehead atoms. The zero-order chi connectivity index (χ0) is 31.5. The van der Waals surface area contributed by atoms with Crippen LogP contribution in [0, 0.1) is 0 Å². The van der Waals surface area contributed by atoms with Gasteiger partial charge in [-0.05, 0) is 89.8 Å². The lowest BCUT2D eigenvalue weighted by molar-refractivity contribution is 0.150. The van der Waals surface area contributed by atoms with E-state index in [0.29, 0.717) is 0 Å². The van der Waals surface area contributed by atoms with Crippen molar-refractivity contribution in [1.82, 2.24) is 0 Å². The summed E-state index contributed by atoms with van der Waals surface area (Å²) in [5.41, 5.74) is 3.99. The fourth-order valence-corrected chi connectivity index (χ4v) is 9.70. The highest BCUT2D eigenvalue weighted by Gasteiger charge is 2.39. The number of benzene rings is 3. The van der Waals surface area contributed by atoms with Crippen molar-refractivity contribution in [2.24, 2.45) is 0 Å². The predicted octanol–water partition coefficient (Wildman–Crippen LogP) is 13.1. The topological polar surface area (TPSA) is 46.5 Å². The van der Waals surface area contributed by atoms with E-state index in [-0.39, 0.29) is 0 Å². The number of hydrogen-bond acceptors (Lipinski definition) is 2. The van der Waals surface area contributed by atoms with Gasteiger partial charge in [0.05, 0.1) is 0 Å². The SMILES string of the molecule is CCCCCCCc1cc(CCCCCCC)c(S(OC(=O)O)(c2ccccc2)c2ccccc2)c(CCCCCCC)c1. The molecule has 44 heavy (non-hydrogen) atoms. The second-order valence-corrected chi connectivity index (χ2v) is 14.9. The Balaban J connectivity index is 2.23. The maximum atomic E-state index is 12.7. The molecular weight excluding hydrogens is 561 g/mol. The van der Waals surface area contributed by atoms with Crippen LogP contribution in [0.25, 0.3) is 0 Å². The summed E-state index contributed by atoms with van der Waals surface area (Å²) < 4.78 is 6.33. The average molecular weight is 619 g/mol. The minimum Gasteiger partial charge on any atom is -0.449 e. The third kappa shape index (κ3) is 10.7. The Morgan fingerprint density at radius 3 is 1.34 bits per heavy atom. The van der Waals surface area contributed by atoms with E-state index in [1.165, 1.54) is 100 Å². The molecule has 0 spiro atoms. The van der Waals surface area contributed by atoms with Gasteiger partial charge in [-0.1, -0.05) is 146 Å². The van der Waals surface area contributed by atoms with E-state index in [0.717, 1.165) is 46.8 Å². The van der Waals surface area contributed by atoms with E-state index in [1.807, 2.05) is 36.4 Å². The summed E-state index contributed by atoms with van der Waals surface area (Å²) >= 11 is 0. The van der Waals surface area contributed by atoms with Crippen molar-refractivity contribution >= 4 is 16.5 Å². The lowest BCUT2D eigenvalue weighted by Crippen LogP contribution is -2.16. The first-order valence-electron chi connectivity index (χ1n) is 17.6. The number of carboxylic acid groups (broad SMARTS) is 1. The van der Waals surface area contributed by atoms with Gasteiger partial charge < -0.3 is 9.29 Å². The summed E-state index contributed by atoms with van der Waals surface area (Å²) in [5, 5.41) is 10.4. The van der Waals surface area contributed by atoms with Crippen LogP contribution in [0.15, 0.2) is 87.5 Å². The molecule has 0 fully saturated rings. The zero-order valence-electron chi connectivity index (χ0n) is 27.8. The smallest absolute Gasteiger partial charge is 0.449 e. The van der Waals surface area contributed by atoms with E-state index in [2.05, 4.69) is 57.2 Å². The fraction of sp³-hybridized carbons (Fsp3) is 0.525. The standard InChI is InChI=1S/C40H58O3S/c1-4-7-10-13-18-25-34-32-35(26-19-14-11-8-5-2)39(36(33-34)27-20-15-12-9-6-3)44(43-40(41)42,37-28-21-16-22-29-37)38-30-23-17-24-31-38/h16-17,21-24,28-33H,4-15,18-20,25-27H2,1-3H3,(H,41,42). The number of unbranched alkanes of at least 4 members (excludes halogenated alkanes) is 12. The molecular formula is C40H58O3S. The Hall–Kier alpha value is -2.72. The van der Waals surface area contributed by atoms with Crippen molar-refractivity contribution in [2.45, 2.75) is 151 Å². The predicted molar refractivity (Wildman–Crippen MR) is 188 cm³/mol. The maximum absolute atomic E-state index is 12.7. The molecule has 4 heteroatoms. The molecule has 0 radical (unpaired) electrons. The number of carbonyl (C=O) groups is 1. The van der Waals surface area contributed by atoms with Crippen molar-refractivity contribution in [1.29, 1.82) is 0 Å². The summed E-state index contributed by atoms with van der Waals surface area (Å²) in [6.07, 6.45) is 20.1. The number of rotatable bonds is 22. The first-order valence-corrected chi connectivity index (χ1v) is 19.1. The Kier molecular flexibility index (Phi) is 16.5. The van der Waals surface area contributed by atoms with Crippen LogP contribution in [0.2, 0.25) is 0 Å². The van der Waals surface area contributed by atoms with Crippen LogP contribution in [-0.4, -0.2) is 11.3 Å². The van der Waals surface area contributed by atoms with Crippen molar-refractivity contribution in [2.75, 3.05) is 0 Å². The number of hydrogen-bond donors (Lipinski definition) is 1. The van der Waals surface area contributed by atoms with E-state index in [1.54, 1.807) is 0 Å². The molecule has 0 aliphatic rings. The monoisotopic (exact) mass is 618 g/mol. The highest BCUT2D eigenvalue weighted by atomic mass is 32.3. The molecule has 1 N–H and O–H groups in total. The van der Waals surface area contributed by atoms with Crippen LogP contribution < -0.4 is 0 Å². The van der Waals surface area contributed by atoms with Crippen molar-refractivity contribution in [3.05, 3.63) is 89.5 Å². The van der Waals surface area contributed by atoms with Gasteiger partial charge in [0.15, 0.2) is 0 Å². The third-order valence-electron chi connectivity index (χ3n) is 8.60. The summed E-state index contributed by atoms with van der Waals surface area (Å²) in [6.45, 7) is 6.79. The van der Waals surface area contributed by atoms with Crippen LogP contribution in [0.4, 0.5) is 4.79 Å². The van der Waals surface area contributed by atoms with E-state index >= 15 is 0 Å². The molecule has 3 aromatic carbocycles. The third-order valence-corrected chi connectivity index (χ3v) is 12.0. The van der Waals surface area contributed by atoms with Gasteiger partial charge in [-0.15, -0.1) is 0 Å². The molecule has 0 saturated carbocycles. The van der Waals surface area contributed by atoms with E-state index < -0.39 is 16.5 Å². The van der Waals surface area contributed by atoms with Gasteiger partial charge in [-0.25, -0.2) is 4.79 Å². The molecule has 3 nitrogen and oxygen atoms in total. The molecule has 0 unspecified atom stereocenters. The van der Waals surface area contributed by atoms with Gasteiger partial charge >= 0.3 is 6.16 Å². The van der Waals surface area contributed by atoms with E-state index in [4.69, 9.17) is 4.18 Å². The lowest BCUT2D eigenvalue weighted by atomic mass is 9.95. The number of aryl methyl sites for hydroxylation is 3. The van der Waals surface area contributed by atoms with Gasteiger partial charge in [0.25, 0.3) is 0 Å². The Morgan fingerprint density at radius 1 is 0.568 bits per heavy atom. The first kappa shape index (κ1) is 35.8. The minimum absolute atomic E-state index is 0.945. The molecule has 0 aliphatic heterocycles. The lowest BCUT2D eigenvalue weighted by Gasteiger charge is -2.41. The molecule has 0 saturated heterocycles. The van der Waals surface area contributed by atoms with Crippen LogP contribution in [0.1, 0.15) is 134 Å². The first-order chi connectivity index (χ1) is 21.6. The normalized spacial score (nSPS) is 11.9. The fourth-order valence-electron chi connectivity index (χ4n) is 6.32. The second-order valence-electron chi connectivity index (χ2n) is 12.3. The average Bonchev–Trinajstić information content (AvgIpc) is 3.04. The summed E-state index contributed by atoms with van der Waals surface area (Å²) in [7, 11) is -2.54. The minimum atomic E-state index is -2.54. The summed E-state index contributed by atoms with van der Waals surface area (Å²) in [4.78, 5) is 15.7. The summed E-state index contributed by atoms with van der Waals surface area (Å²) in [5.74, 6) is 0. The highest BCUT2D eigenvalue weighted by molar-refractivity contribution is 8.30. The Labute approximate surface area is 270 Å². The van der Waals surface area contributed by atoms with Gasteiger partial charge in [0.2, 0.25) is 0 Å². The van der Waals surface area contributed by atoms with Crippen LogP contribution in [0.3, 0.4) is 0 Å². The van der Waals surface area contributed by atoms with Crippen LogP contribution in [0.5, 0.6) is 0 Å². The molecule has 0 aromatic heterocycles. The van der Waals surface area contributed by atoms with Gasteiger partial charge in [0, 0.05) is 14.7 Å². The van der Waals surface area contributed by atoms with Crippen LogP contribution in [-0.2, 0) is 23.4 Å². The molecule has 3 aromatic rings. The van der Waals surface area contributed by atoms with Crippen molar-refractivity contribution in [3.8, 4) is 0 Å². The molecule has 242 valence electrons. The molecule has 3 rings (SSSR count).